The van der Waals surface area contributed by atoms with Gasteiger partial charge < -0.3 is 16.2 Å². The first-order chi connectivity index (χ1) is 6.35. The van der Waals surface area contributed by atoms with Crippen molar-refractivity contribution in [2.24, 2.45) is 5.73 Å². The van der Waals surface area contributed by atoms with Gasteiger partial charge in [-0.1, -0.05) is 13.3 Å². The minimum absolute atomic E-state index is 0.315. The lowest BCUT2D eigenvalue weighted by atomic mass is 10.1. The first kappa shape index (κ1) is 12.9. The highest BCUT2D eigenvalue weighted by atomic mass is 16.2. The van der Waals surface area contributed by atoms with E-state index in [9.17, 15) is 0 Å². The maximum Gasteiger partial charge on any atom is 0.0431 e. The van der Waals surface area contributed by atoms with Gasteiger partial charge >= 0.3 is 0 Å². The van der Waals surface area contributed by atoms with Gasteiger partial charge in [0.25, 0.3) is 0 Å². The van der Waals surface area contributed by atoms with Crippen LogP contribution >= 0.6 is 0 Å². The summed E-state index contributed by atoms with van der Waals surface area (Å²) in [4.78, 5) is 0. The van der Waals surface area contributed by atoms with E-state index >= 15 is 0 Å². The van der Waals surface area contributed by atoms with Crippen LogP contribution in [0.2, 0.25) is 0 Å². The number of rotatable bonds is 9. The molecule has 0 aliphatic rings. The van der Waals surface area contributed by atoms with Crippen molar-refractivity contribution in [3.05, 3.63) is 0 Å². The molecule has 0 aromatic rings. The molecule has 0 aliphatic heterocycles. The summed E-state index contributed by atoms with van der Waals surface area (Å²) in [6.07, 6.45) is 5.51. The van der Waals surface area contributed by atoms with E-state index in [0.29, 0.717) is 12.6 Å². The standard InChI is InChI=1S/C10H24N2O/c1-2-6-10(9-11)12-7-4-3-5-8-13/h10,12-13H,2-9,11H2,1H3. The van der Waals surface area contributed by atoms with Gasteiger partial charge in [0.2, 0.25) is 0 Å². The lowest BCUT2D eigenvalue weighted by Gasteiger charge is -2.15. The minimum atomic E-state index is 0.315. The molecule has 80 valence electrons. The average Bonchev–Trinajstić information content (AvgIpc) is 2.16. The molecule has 0 bridgehead atoms. The zero-order chi connectivity index (χ0) is 9.94. The Morgan fingerprint density at radius 2 is 2.08 bits per heavy atom. The van der Waals surface area contributed by atoms with Gasteiger partial charge in [-0.2, -0.15) is 0 Å². The Hall–Kier alpha value is -0.120. The second-order valence-electron chi connectivity index (χ2n) is 3.46. The highest BCUT2D eigenvalue weighted by Gasteiger charge is 2.02. The third kappa shape index (κ3) is 8.22. The van der Waals surface area contributed by atoms with E-state index in [4.69, 9.17) is 10.8 Å². The molecule has 0 fully saturated rings. The number of nitrogens with one attached hydrogen (secondary N) is 1. The van der Waals surface area contributed by atoms with Crippen LogP contribution in [0.15, 0.2) is 0 Å². The quantitative estimate of drug-likeness (QED) is 0.470. The Balaban J connectivity index is 3.17. The van der Waals surface area contributed by atoms with Crippen LogP contribution in [0, 0.1) is 0 Å². The Labute approximate surface area is 81.7 Å². The Morgan fingerprint density at radius 3 is 2.62 bits per heavy atom. The molecular formula is C10H24N2O. The summed E-state index contributed by atoms with van der Waals surface area (Å²) in [6.45, 7) is 4.25. The van der Waals surface area contributed by atoms with Crippen LogP contribution in [0.4, 0.5) is 0 Å². The molecule has 0 aromatic carbocycles. The normalized spacial score (nSPS) is 13.2. The van der Waals surface area contributed by atoms with E-state index in [0.717, 1.165) is 38.8 Å². The molecule has 0 radical (unpaired) electrons. The molecule has 3 nitrogen and oxygen atoms in total. The zero-order valence-corrected chi connectivity index (χ0v) is 8.76. The molecule has 3 heteroatoms. The van der Waals surface area contributed by atoms with Crippen LogP contribution in [0.3, 0.4) is 0 Å². The van der Waals surface area contributed by atoms with Crippen LogP contribution in [0.5, 0.6) is 0 Å². The predicted molar refractivity (Wildman–Crippen MR) is 56.7 cm³/mol. The topological polar surface area (TPSA) is 58.3 Å². The van der Waals surface area contributed by atoms with Crippen molar-refractivity contribution >= 4 is 0 Å². The molecule has 0 aliphatic carbocycles. The third-order valence-corrected chi connectivity index (χ3v) is 2.19. The Kier molecular flexibility index (Phi) is 9.87. The van der Waals surface area contributed by atoms with Gasteiger partial charge in [-0.05, 0) is 32.2 Å². The van der Waals surface area contributed by atoms with Gasteiger partial charge in [-0.15, -0.1) is 0 Å². The van der Waals surface area contributed by atoms with Crippen molar-refractivity contribution < 1.29 is 5.11 Å². The number of nitrogens with two attached hydrogens (primary N) is 1. The summed E-state index contributed by atoms with van der Waals surface area (Å²) in [6, 6.07) is 0.485. The van der Waals surface area contributed by atoms with Crippen LogP contribution < -0.4 is 11.1 Å². The highest BCUT2D eigenvalue weighted by molar-refractivity contribution is 4.66. The second-order valence-corrected chi connectivity index (χ2v) is 3.46. The van der Waals surface area contributed by atoms with E-state index < -0.39 is 0 Å². The van der Waals surface area contributed by atoms with E-state index in [1.807, 2.05) is 0 Å². The minimum Gasteiger partial charge on any atom is -0.396 e. The molecule has 1 unspecified atom stereocenters. The maximum absolute atomic E-state index is 8.56. The molecule has 0 aromatic heterocycles. The molecular weight excluding hydrogens is 164 g/mol. The largest absolute Gasteiger partial charge is 0.396 e. The molecule has 0 rings (SSSR count). The van der Waals surface area contributed by atoms with Crippen LogP contribution in [0.25, 0.3) is 0 Å². The van der Waals surface area contributed by atoms with Gasteiger partial charge in [-0.3, -0.25) is 0 Å². The van der Waals surface area contributed by atoms with Crippen molar-refractivity contribution in [1.29, 1.82) is 0 Å². The molecule has 0 saturated heterocycles. The average molecular weight is 188 g/mol. The smallest absolute Gasteiger partial charge is 0.0431 e. The monoisotopic (exact) mass is 188 g/mol. The molecule has 0 heterocycles. The number of unbranched alkanes of at least 4 members (excludes halogenated alkanes) is 2. The molecule has 0 amide bonds. The molecule has 1 atom stereocenters. The summed E-state index contributed by atoms with van der Waals surface area (Å²) in [5.74, 6) is 0. The summed E-state index contributed by atoms with van der Waals surface area (Å²) in [7, 11) is 0. The van der Waals surface area contributed by atoms with Crippen molar-refractivity contribution in [2.45, 2.75) is 45.1 Å². The fourth-order valence-corrected chi connectivity index (χ4v) is 1.37. The number of hydrogen-bond acceptors (Lipinski definition) is 3. The molecule has 4 N–H and O–H groups in total. The van der Waals surface area contributed by atoms with E-state index in [1.54, 1.807) is 0 Å². The van der Waals surface area contributed by atoms with E-state index in [1.165, 1.54) is 6.42 Å². The summed E-state index contributed by atoms with van der Waals surface area (Å²) in [5.41, 5.74) is 5.60. The Bertz CT molecular complexity index is 98.9. The van der Waals surface area contributed by atoms with Crippen molar-refractivity contribution in [1.82, 2.24) is 5.32 Å². The van der Waals surface area contributed by atoms with E-state index in [-0.39, 0.29) is 0 Å². The summed E-state index contributed by atoms with van der Waals surface area (Å²) < 4.78 is 0. The van der Waals surface area contributed by atoms with Gasteiger partial charge in [-0.25, -0.2) is 0 Å². The highest BCUT2D eigenvalue weighted by Crippen LogP contribution is 1.96. The fraction of sp³-hybridized carbons (Fsp3) is 1.00. The number of aliphatic hydroxyl groups is 1. The Morgan fingerprint density at radius 1 is 1.31 bits per heavy atom. The maximum atomic E-state index is 8.56. The van der Waals surface area contributed by atoms with Gasteiger partial charge in [0.15, 0.2) is 0 Å². The lowest BCUT2D eigenvalue weighted by Crippen LogP contribution is -2.36. The molecule has 0 spiro atoms. The van der Waals surface area contributed by atoms with Gasteiger partial charge in [0.1, 0.15) is 0 Å². The van der Waals surface area contributed by atoms with Crippen molar-refractivity contribution in [2.75, 3.05) is 19.7 Å². The summed E-state index contributed by atoms with van der Waals surface area (Å²) >= 11 is 0. The predicted octanol–water partition coefficient (Wildman–Crippen LogP) is 0.866. The fourth-order valence-electron chi connectivity index (χ4n) is 1.37. The third-order valence-electron chi connectivity index (χ3n) is 2.19. The first-order valence-electron chi connectivity index (χ1n) is 5.39. The first-order valence-corrected chi connectivity index (χ1v) is 5.39. The SMILES string of the molecule is CCCC(CN)NCCCCCO. The molecule has 13 heavy (non-hydrogen) atoms. The molecule has 0 saturated carbocycles. The number of aliphatic hydroxyl groups excluding tert-OH is 1. The van der Waals surface area contributed by atoms with Crippen molar-refractivity contribution in [3.8, 4) is 0 Å². The van der Waals surface area contributed by atoms with Gasteiger partial charge in [0.05, 0.1) is 0 Å². The van der Waals surface area contributed by atoms with Gasteiger partial charge in [0, 0.05) is 19.2 Å². The van der Waals surface area contributed by atoms with Crippen LogP contribution in [-0.4, -0.2) is 30.8 Å². The summed E-state index contributed by atoms with van der Waals surface area (Å²) in [5, 5.41) is 12.0. The van der Waals surface area contributed by atoms with E-state index in [2.05, 4.69) is 12.2 Å². The second kappa shape index (κ2) is 9.96. The van der Waals surface area contributed by atoms with Crippen LogP contribution in [0.1, 0.15) is 39.0 Å². The van der Waals surface area contributed by atoms with Crippen molar-refractivity contribution in [3.63, 3.8) is 0 Å². The lowest BCUT2D eigenvalue weighted by molar-refractivity contribution is 0.282. The van der Waals surface area contributed by atoms with Crippen LogP contribution in [-0.2, 0) is 0 Å². The number of hydrogen-bond donors (Lipinski definition) is 3. The zero-order valence-electron chi connectivity index (χ0n) is 8.76.